The van der Waals surface area contributed by atoms with E-state index in [1.807, 2.05) is 20.8 Å². The van der Waals surface area contributed by atoms with Crippen molar-refractivity contribution in [3.8, 4) is 0 Å². The molecule has 0 aromatic heterocycles. The van der Waals surface area contributed by atoms with Crippen LogP contribution in [-0.2, 0) is 4.74 Å². The minimum absolute atomic E-state index is 0.0207. The summed E-state index contributed by atoms with van der Waals surface area (Å²) in [4.78, 5) is 13.9. The Morgan fingerprint density at radius 1 is 1.10 bits per heavy atom. The zero-order valence-electron chi connectivity index (χ0n) is 12.8. The second-order valence-corrected chi connectivity index (χ2v) is 7.42. The van der Waals surface area contributed by atoms with Gasteiger partial charge in [-0.25, -0.2) is 4.79 Å². The molecule has 20 heavy (non-hydrogen) atoms. The summed E-state index contributed by atoms with van der Waals surface area (Å²) in [7, 11) is 0. The largest absolute Gasteiger partial charge is 0.444 e. The highest BCUT2D eigenvalue weighted by molar-refractivity contribution is 5.69. The van der Waals surface area contributed by atoms with Crippen LogP contribution in [0.5, 0.6) is 0 Å². The maximum absolute atomic E-state index is 12.3. The fraction of sp³-hybridized carbons (Fsp3) is 0.933. The van der Waals surface area contributed by atoms with Gasteiger partial charge in [0.2, 0.25) is 0 Å². The van der Waals surface area contributed by atoms with Gasteiger partial charge in [-0.1, -0.05) is 12.8 Å². The predicted molar refractivity (Wildman–Crippen MR) is 75.3 cm³/mol. The molecule has 0 radical (unpaired) electrons. The summed E-state index contributed by atoms with van der Waals surface area (Å²) >= 11 is 0. The highest BCUT2D eigenvalue weighted by atomic mass is 16.6. The van der Waals surface area contributed by atoms with Crippen LogP contribution in [0.4, 0.5) is 4.79 Å². The number of nitrogens with zero attached hydrogens (tertiary/aromatic N) is 1. The molecular weight excluding hydrogens is 258 g/mol. The van der Waals surface area contributed by atoms with Crippen LogP contribution in [0.2, 0.25) is 0 Å². The van der Waals surface area contributed by atoms with Crippen molar-refractivity contribution in [3.63, 3.8) is 0 Å². The lowest BCUT2D eigenvalue weighted by Gasteiger charge is -2.46. The summed E-state index contributed by atoms with van der Waals surface area (Å²) in [5.74, 6) is 0. The Bertz CT molecular complexity index is 357. The van der Waals surface area contributed by atoms with Crippen molar-refractivity contribution < 1.29 is 19.7 Å². The third-order valence-electron chi connectivity index (χ3n) is 4.93. The van der Waals surface area contributed by atoms with E-state index in [9.17, 15) is 15.0 Å². The van der Waals surface area contributed by atoms with Crippen LogP contribution < -0.4 is 0 Å². The third kappa shape index (κ3) is 2.53. The number of carbonyl (C=O) groups is 1. The van der Waals surface area contributed by atoms with Gasteiger partial charge in [0.15, 0.2) is 0 Å². The van der Waals surface area contributed by atoms with Crippen molar-refractivity contribution in [2.75, 3.05) is 26.3 Å². The van der Waals surface area contributed by atoms with Crippen molar-refractivity contribution in [1.29, 1.82) is 0 Å². The maximum Gasteiger partial charge on any atom is 0.410 e. The number of aliphatic hydroxyl groups excluding tert-OH is 2. The summed E-state index contributed by atoms with van der Waals surface area (Å²) < 4.78 is 5.43. The third-order valence-corrected chi connectivity index (χ3v) is 4.93. The Morgan fingerprint density at radius 2 is 1.55 bits per heavy atom. The number of ether oxygens (including phenoxy) is 1. The van der Waals surface area contributed by atoms with E-state index in [-0.39, 0.29) is 30.1 Å². The van der Waals surface area contributed by atoms with E-state index in [0.29, 0.717) is 13.1 Å². The van der Waals surface area contributed by atoms with Crippen LogP contribution in [0.3, 0.4) is 0 Å². The molecule has 2 atom stereocenters. The standard InChI is InChI=1S/C15H27NO4/c1-13(2,3)20-12(19)16-8-14(10-17)6-4-5-7-15(14,9-16)11-18/h17-18H,4-11H2,1-3H3/t14-,15+. The van der Waals surface area contributed by atoms with Crippen LogP contribution in [0.15, 0.2) is 0 Å². The molecule has 5 nitrogen and oxygen atoms in total. The first kappa shape index (κ1) is 15.6. The summed E-state index contributed by atoms with van der Waals surface area (Å²) in [6, 6.07) is 0. The molecule has 1 aliphatic carbocycles. The van der Waals surface area contributed by atoms with Gasteiger partial charge in [0.1, 0.15) is 5.60 Å². The number of rotatable bonds is 2. The first-order valence-electron chi connectivity index (χ1n) is 7.47. The maximum atomic E-state index is 12.3. The number of fused-ring (bicyclic) bond motifs is 1. The van der Waals surface area contributed by atoms with E-state index in [4.69, 9.17) is 4.74 Å². The summed E-state index contributed by atoms with van der Waals surface area (Å²) in [6.45, 7) is 6.55. The molecule has 0 aromatic rings. The SMILES string of the molecule is CC(C)(C)OC(=O)N1C[C@]2(CO)CCCC[C@]2(CO)C1. The summed E-state index contributed by atoms with van der Waals surface area (Å²) in [5, 5.41) is 19.8. The van der Waals surface area contributed by atoms with E-state index in [1.165, 1.54) is 0 Å². The predicted octanol–water partition coefficient (Wildman–Crippen LogP) is 1.77. The average molecular weight is 285 g/mol. The quantitative estimate of drug-likeness (QED) is 0.811. The number of hydrogen-bond acceptors (Lipinski definition) is 4. The summed E-state index contributed by atoms with van der Waals surface area (Å²) in [5.41, 5.74) is -1.25. The van der Waals surface area contributed by atoms with E-state index in [1.54, 1.807) is 4.90 Å². The lowest BCUT2D eigenvalue weighted by atomic mass is 9.58. The average Bonchev–Trinajstić information content (AvgIpc) is 2.73. The van der Waals surface area contributed by atoms with Crippen LogP contribution >= 0.6 is 0 Å². The highest BCUT2D eigenvalue weighted by Crippen LogP contribution is 2.55. The highest BCUT2D eigenvalue weighted by Gasteiger charge is 2.59. The van der Waals surface area contributed by atoms with Gasteiger partial charge in [-0.2, -0.15) is 0 Å². The van der Waals surface area contributed by atoms with Crippen molar-refractivity contribution >= 4 is 6.09 Å². The van der Waals surface area contributed by atoms with Crippen molar-refractivity contribution in [1.82, 2.24) is 4.90 Å². The van der Waals surface area contributed by atoms with Gasteiger partial charge in [-0.3, -0.25) is 0 Å². The Morgan fingerprint density at radius 3 is 1.90 bits per heavy atom. The fourth-order valence-corrected chi connectivity index (χ4v) is 3.79. The van der Waals surface area contributed by atoms with Gasteiger partial charge in [-0.05, 0) is 33.6 Å². The lowest BCUT2D eigenvalue weighted by Crippen LogP contribution is -2.48. The van der Waals surface area contributed by atoms with E-state index in [0.717, 1.165) is 25.7 Å². The fourth-order valence-electron chi connectivity index (χ4n) is 3.79. The monoisotopic (exact) mass is 285 g/mol. The molecule has 1 aliphatic heterocycles. The molecule has 2 N–H and O–H groups in total. The zero-order valence-corrected chi connectivity index (χ0v) is 12.8. The minimum Gasteiger partial charge on any atom is -0.444 e. The van der Waals surface area contributed by atoms with Crippen molar-refractivity contribution in [3.05, 3.63) is 0 Å². The number of hydrogen-bond donors (Lipinski definition) is 2. The molecular formula is C15H27NO4. The molecule has 0 spiro atoms. The Labute approximate surface area is 120 Å². The van der Waals surface area contributed by atoms with Crippen molar-refractivity contribution in [2.24, 2.45) is 10.8 Å². The molecule has 2 fully saturated rings. The molecule has 0 unspecified atom stereocenters. The van der Waals surface area contributed by atoms with Crippen LogP contribution in [0.25, 0.3) is 0 Å². The Hall–Kier alpha value is -0.810. The molecule has 0 bridgehead atoms. The molecule has 0 aromatic carbocycles. The van der Waals surface area contributed by atoms with Crippen LogP contribution in [0, 0.1) is 10.8 Å². The molecule has 116 valence electrons. The first-order valence-corrected chi connectivity index (χ1v) is 7.47. The second-order valence-electron chi connectivity index (χ2n) is 7.42. The smallest absolute Gasteiger partial charge is 0.410 e. The molecule has 1 saturated carbocycles. The normalized spacial score (nSPS) is 34.0. The van der Waals surface area contributed by atoms with E-state index >= 15 is 0 Å². The van der Waals surface area contributed by atoms with Gasteiger partial charge in [0.05, 0.1) is 13.2 Å². The number of amides is 1. The van der Waals surface area contributed by atoms with E-state index in [2.05, 4.69) is 0 Å². The second kappa shape index (κ2) is 5.19. The van der Waals surface area contributed by atoms with Gasteiger partial charge >= 0.3 is 6.09 Å². The van der Waals surface area contributed by atoms with E-state index < -0.39 is 5.60 Å². The first-order chi connectivity index (χ1) is 9.27. The summed E-state index contributed by atoms with van der Waals surface area (Å²) in [6.07, 6.45) is 3.48. The molecule has 1 saturated heterocycles. The molecule has 1 amide bonds. The Balaban J connectivity index is 2.19. The minimum atomic E-state index is -0.524. The Kier molecular flexibility index (Phi) is 4.04. The van der Waals surface area contributed by atoms with Gasteiger partial charge in [0, 0.05) is 23.9 Å². The van der Waals surface area contributed by atoms with Crippen LogP contribution in [-0.4, -0.2) is 53.1 Å². The van der Waals surface area contributed by atoms with Gasteiger partial charge in [0.25, 0.3) is 0 Å². The van der Waals surface area contributed by atoms with Crippen LogP contribution in [0.1, 0.15) is 46.5 Å². The molecule has 2 aliphatic rings. The number of likely N-dealkylation sites (tertiary alicyclic amines) is 1. The van der Waals surface area contributed by atoms with Gasteiger partial charge < -0.3 is 19.8 Å². The molecule has 1 heterocycles. The van der Waals surface area contributed by atoms with Crippen molar-refractivity contribution in [2.45, 2.75) is 52.1 Å². The number of aliphatic hydroxyl groups is 2. The molecule has 5 heteroatoms. The zero-order chi connectivity index (χ0) is 15.0. The lowest BCUT2D eigenvalue weighted by molar-refractivity contribution is -0.0490. The molecule has 2 rings (SSSR count). The van der Waals surface area contributed by atoms with Gasteiger partial charge in [-0.15, -0.1) is 0 Å². The topological polar surface area (TPSA) is 70.0 Å². The number of carbonyl (C=O) groups excluding carboxylic acids is 1.